The van der Waals surface area contributed by atoms with Crippen LogP contribution in [-0.2, 0) is 5.41 Å². The number of rotatable bonds is 2. The van der Waals surface area contributed by atoms with Crippen LogP contribution < -0.4 is 4.74 Å². The third kappa shape index (κ3) is 3.72. The first-order valence-electron chi connectivity index (χ1n) is 17.0. The van der Waals surface area contributed by atoms with Crippen molar-refractivity contribution >= 4 is 43.5 Å². The highest BCUT2D eigenvalue weighted by molar-refractivity contribution is 6.08. The first-order chi connectivity index (χ1) is 24.0. The van der Waals surface area contributed by atoms with Gasteiger partial charge in [0, 0.05) is 27.1 Å². The molecule has 1 aromatic heterocycles. The van der Waals surface area contributed by atoms with Gasteiger partial charge >= 0.3 is 0 Å². The Labute approximate surface area is 283 Å². The molecule has 0 saturated heterocycles. The molecule has 11 rings (SSSR count). The molecule has 2 aliphatic rings. The van der Waals surface area contributed by atoms with Crippen molar-refractivity contribution in [3.05, 3.63) is 157 Å². The Kier molecular flexibility index (Phi) is 5.21. The highest BCUT2D eigenvalue weighted by Gasteiger charge is 2.36. The van der Waals surface area contributed by atoms with Gasteiger partial charge in [0.15, 0.2) is 0 Å². The molecule has 49 heavy (non-hydrogen) atoms. The Morgan fingerprint density at radius 2 is 1.14 bits per heavy atom. The fourth-order valence-electron chi connectivity index (χ4n) is 8.57. The number of furan rings is 1. The lowest BCUT2D eigenvalue weighted by molar-refractivity contribution is 0.487. The number of benzene rings is 8. The van der Waals surface area contributed by atoms with Gasteiger partial charge in [0.25, 0.3) is 0 Å². The molecule has 0 unspecified atom stereocenters. The van der Waals surface area contributed by atoms with Crippen molar-refractivity contribution in [1.29, 1.82) is 0 Å². The molecule has 0 N–H and O–H groups in total. The molecule has 2 heteroatoms. The average molecular weight is 627 g/mol. The minimum atomic E-state index is -0.139. The van der Waals surface area contributed by atoms with Crippen molar-refractivity contribution in [2.24, 2.45) is 0 Å². The third-order valence-corrected chi connectivity index (χ3v) is 11.1. The lowest BCUT2D eigenvalue weighted by Crippen LogP contribution is -2.15. The molecule has 8 aromatic carbocycles. The van der Waals surface area contributed by atoms with Gasteiger partial charge in [-0.15, -0.1) is 0 Å². The first kappa shape index (κ1) is 26.9. The quantitative estimate of drug-likeness (QED) is 0.190. The summed E-state index contributed by atoms with van der Waals surface area (Å²) in [5.74, 6) is 1.84. The second kappa shape index (κ2) is 9.49. The molecule has 1 aliphatic heterocycles. The van der Waals surface area contributed by atoms with E-state index in [2.05, 4.69) is 147 Å². The van der Waals surface area contributed by atoms with Gasteiger partial charge in [0.05, 0.1) is 0 Å². The lowest BCUT2D eigenvalue weighted by atomic mass is 9.80. The van der Waals surface area contributed by atoms with Gasteiger partial charge in [-0.2, -0.15) is 0 Å². The summed E-state index contributed by atoms with van der Waals surface area (Å²) in [6.07, 6.45) is 0. The van der Waals surface area contributed by atoms with Crippen LogP contribution in [0.1, 0.15) is 25.0 Å². The van der Waals surface area contributed by atoms with E-state index in [1.807, 2.05) is 12.1 Å². The van der Waals surface area contributed by atoms with Crippen LogP contribution in [0.25, 0.3) is 88.0 Å². The molecule has 0 amide bonds. The second-order valence-corrected chi connectivity index (χ2v) is 14.1. The highest BCUT2D eigenvalue weighted by atomic mass is 16.5. The maximum atomic E-state index is 6.40. The Morgan fingerprint density at radius 1 is 0.408 bits per heavy atom. The molecule has 0 saturated carbocycles. The van der Waals surface area contributed by atoms with Crippen LogP contribution in [0.15, 0.2) is 150 Å². The third-order valence-electron chi connectivity index (χ3n) is 11.1. The summed E-state index contributed by atoms with van der Waals surface area (Å²) in [5.41, 5.74) is 14.3. The summed E-state index contributed by atoms with van der Waals surface area (Å²) in [5, 5.41) is 7.21. The molecule has 2 nitrogen and oxygen atoms in total. The van der Waals surface area contributed by atoms with Crippen LogP contribution >= 0.6 is 0 Å². The van der Waals surface area contributed by atoms with Gasteiger partial charge in [0.2, 0.25) is 0 Å². The fraction of sp³-hybridized carbons (Fsp3) is 0.0638. The number of para-hydroxylation sites is 1. The van der Waals surface area contributed by atoms with Crippen LogP contribution in [-0.4, -0.2) is 0 Å². The van der Waals surface area contributed by atoms with Crippen molar-refractivity contribution in [2.75, 3.05) is 0 Å². The molecule has 0 radical (unpaired) electrons. The molecule has 0 bridgehead atoms. The molecule has 1 aliphatic carbocycles. The summed E-state index contributed by atoms with van der Waals surface area (Å²) in [6, 6.07) is 52.9. The minimum Gasteiger partial charge on any atom is -0.456 e. The predicted octanol–water partition coefficient (Wildman–Crippen LogP) is 13.3. The van der Waals surface area contributed by atoms with Crippen LogP contribution in [0.5, 0.6) is 11.5 Å². The molecule has 2 heterocycles. The molecule has 230 valence electrons. The predicted molar refractivity (Wildman–Crippen MR) is 203 cm³/mol. The van der Waals surface area contributed by atoms with E-state index in [1.54, 1.807) is 0 Å². The van der Waals surface area contributed by atoms with Crippen molar-refractivity contribution in [2.45, 2.75) is 19.3 Å². The number of hydrogen-bond acceptors (Lipinski definition) is 2. The van der Waals surface area contributed by atoms with Crippen molar-refractivity contribution in [1.82, 2.24) is 0 Å². The Bertz CT molecular complexity index is 2880. The van der Waals surface area contributed by atoms with E-state index in [-0.39, 0.29) is 5.41 Å². The molecule has 9 aromatic rings. The van der Waals surface area contributed by atoms with E-state index in [1.165, 1.54) is 71.6 Å². The minimum absolute atomic E-state index is 0.139. The van der Waals surface area contributed by atoms with Crippen molar-refractivity contribution < 1.29 is 9.15 Å². The van der Waals surface area contributed by atoms with Crippen LogP contribution in [0.4, 0.5) is 0 Å². The molecular weight excluding hydrogens is 597 g/mol. The summed E-state index contributed by atoms with van der Waals surface area (Å²) in [7, 11) is 0. The summed E-state index contributed by atoms with van der Waals surface area (Å²) < 4.78 is 12.7. The summed E-state index contributed by atoms with van der Waals surface area (Å²) >= 11 is 0. The standard InChI is InChI=1S/C47H30O2/c1-47(2)40-23-29(28-18-21-43-39(22-28)36-13-5-8-27-9-7-15-44(48-43)46(27)36)16-19-33(40)38-26-37-30(24-41(38)47)10-6-12-32(37)31-17-20-35-34-11-3-4-14-42(34)49-45(35)25-31/h3-26H,1-2H3. The number of fused-ring (bicyclic) bond motifs is 9. The Balaban J connectivity index is 1.03. The van der Waals surface area contributed by atoms with Gasteiger partial charge in [-0.25, -0.2) is 0 Å². The second-order valence-electron chi connectivity index (χ2n) is 14.1. The Hall–Kier alpha value is -6.12. The Morgan fingerprint density at radius 3 is 2.06 bits per heavy atom. The fourth-order valence-corrected chi connectivity index (χ4v) is 8.57. The van der Waals surface area contributed by atoms with Gasteiger partial charge < -0.3 is 9.15 Å². The summed E-state index contributed by atoms with van der Waals surface area (Å²) in [6.45, 7) is 4.73. The van der Waals surface area contributed by atoms with E-state index in [0.717, 1.165) is 39.0 Å². The number of ether oxygens (including phenoxy) is 1. The molecule has 0 spiro atoms. The smallest absolute Gasteiger partial charge is 0.136 e. The zero-order valence-corrected chi connectivity index (χ0v) is 27.2. The van der Waals surface area contributed by atoms with Gasteiger partial charge in [0.1, 0.15) is 22.7 Å². The van der Waals surface area contributed by atoms with Crippen molar-refractivity contribution in [3.8, 4) is 56.0 Å². The average Bonchev–Trinajstić information content (AvgIpc) is 3.61. The molecular formula is C47H30O2. The van der Waals surface area contributed by atoms with Crippen LogP contribution in [0, 0.1) is 0 Å². The molecule has 0 fully saturated rings. The van der Waals surface area contributed by atoms with Crippen LogP contribution in [0.3, 0.4) is 0 Å². The molecule has 0 atom stereocenters. The maximum Gasteiger partial charge on any atom is 0.136 e. The normalized spacial score (nSPS) is 13.8. The lowest BCUT2D eigenvalue weighted by Gasteiger charge is -2.23. The zero-order valence-electron chi connectivity index (χ0n) is 27.2. The topological polar surface area (TPSA) is 22.4 Å². The SMILES string of the molecule is CC1(C)c2cc(-c3ccc4c(c3)-c3cccc5cccc(c35)O4)ccc2-c2cc3c(-c4ccc5c(c4)oc4ccccc45)cccc3cc21. The van der Waals surface area contributed by atoms with E-state index >= 15 is 0 Å². The van der Waals surface area contributed by atoms with Gasteiger partial charge in [-0.05, 0) is 121 Å². The van der Waals surface area contributed by atoms with E-state index in [0.29, 0.717) is 0 Å². The number of hydrogen-bond donors (Lipinski definition) is 0. The monoisotopic (exact) mass is 626 g/mol. The van der Waals surface area contributed by atoms with Crippen LogP contribution in [0.2, 0.25) is 0 Å². The maximum absolute atomic E-state index is 6.40. The highest BCUT2D eigenvalue weighted by Crippen LogP contribution is 2.52. The van der Waals surface area contributed by atoms with E-state index in [9.17, 15) is 0 Å². The van der Waals surface area contributed by atoms with Crippen molar-refractivity contribution in [3.63, 3.8) is 0 Å². The zero-order chi connectivity index (χ0) is 32.4. The first-order valence-corrected chi connectivity index (χ1v) is 17.0. The van der Waals surface area contributed by atoms with Gasteiger partial charge in [-0.1, -0.05) is 105 Å². The largest absolute Gasteiger partial charge is 0.456 e. The summed E-state index contributed by atoms with van der Waals surface area (Å²) in [4.78, 5) is 0. The van der Waals surface area contributed by atoms with Gasteiger partial charge in [-0.3, -0.25) is 0 Å². The van der Waals surface area contributed by atoms with E-state index < -0.39 is 0 Å². The van der Waals surface area contributed by atoms with E-state index in [4.69, 9.17) is 9.15 Å².